The van der Waals surface area contributed by atoms with Gasteiger partial charge in [-0.3, -0.25) is 14.9 Å². The van der Waals surface area contributed by atoms with Gasteiger partial charge in [-0.1, -0.05) is 5.16 Å². The van der Waals surface area contributed by atoms with Gasteiger partial charge in [0, 0.05) is 18.2 Å². The number of halogens is 1. The number of amides is 1. The zero-order valence-electron chi connectivity index (χ0n) is 18.2. The molecule has 0 radical (unpaired) electrons. The molecule has 0 aliphatic rings. The Balaban J connectivity index is 1.82. The Labute approximate surface area is 203 Å². The maximum atomic E-state index is 12.5. The molecule has 174 valence electrons. The Hall–Kier alpha value is -4.17. The number of carbonyl (C=O) groups excluding carboxylic acids is 1. The fourth-order valence-electron chi connectivity index (χ4n) is 2.87. The summed E-state index contributed by atoms with van der Waals surface area (Å²) in [7, 11) is 0. The molecule has 10 nitrogen and oxygen atoms in total. The van der Waals surface area contributed by atoms with Gasteiger partial charge >= 0.3 is 0 Å². The molecule has 0 bridgehead atoms. The highest BCUT2D eigenvalue weighted by Crippen LogP contribution is 2.38. The lowest BCUT2D eigenvalue weighted by molar-refractivity contribution is -0.384. The largest absolute Gasteiger partial charge is 0.490 e. The van der Waals surface area contributed by atoms with Crippen LogP contribution in [0.5, 0.6) is 11.5 Å². The van der Waals surface area contributed by atoms with Crippen molar-refractivity contribution in [2.24, 2.45) is 0 Å². The highest BCUT2D eigenvalue weighted by molar-refractivity contribution is 9.10. The van der Waals surface area contributed by atoms with E-state index < -0.39 is 10.8 Å². The number of rotatable bonds is 9. The summed E-state index contributed by atoms with van der Waals surface area (Å²) in [5.41, 5.74) is 1.11. The van der Waals surface area contributed by atoms with Crippen LogP contribution >= 0.6 is 15.9 Å². The van der Waals surface area contributed by atoms with Crippen molar-refractivity contribution in [2.75, 3.05) is 11.9 Å². The second-order valence-corrected chi connectivity index (χ2v) is 7.78. The molecule has 0 saturated carbocycles. The molecule has 1 heterocycles. The molecule has 0 fully saturated rings. The zero-order chi connectivity index (χ0) is 24.7. The normalized spacial score (nSPS) is 10.9. The van der Waals surface area contributed by atoms with Crippen LogP contribution < -0.4 is 14.8 Å². The van der Waals surface area contributed by atoms with Crippen LogP contribution in [0.2, 0.25) is 0 Å². The fourth-order valence-corrected chi connectivity index (χ4v) is 3.44. The molecule has 0 aliphatic heterocycles. The first-order valence-corrected chi connectivity index (χ1v) is 10.8. The van der Waals surface area contributed by atoms with Crippen molar-refractivity contribution < 1.29 is 23.7 Å². The SMILES string of the molecule is CCOc1cc(/C=C(/C#N)C(=O)Nc2cc(C)on2)cc(Br)c1OCc1ccc([N+](=O)[O-])cc1. The van der Waals surface area contributed by atoms with Crippen LogP contribution in [0.25, 0.3) is 6.08 Å². The number of hydrogen-bond acceptors (Lipinski definition) is 8. The number of ether oxygens (including phenoxy) is 2. The van der Waals surface area contributed by atoms with E-state index >= 15 is 0 Å². The minimum atomic E-state index is -0.636. The first-order chi connectivity index (χ1) is 16.3. The maximum Gasteiger partial charge on any atom is 0.269 e. The second kappa shape index (κ2) is 11.1. The minimum Gasteiger partial charge on any atom is -0.490 e. The summed E-state index contributed by atoms with van der Waals surface area (Å²) in [6.07, 6.45) is 1.41. The number of nitro groups is 1. The summed E-state index contributed by atoms with van der Waals surface area (Å²) in [6.45, 7) is 3.99. The van der Waals surface area contributed by atoms with Gasteiger partial charge < -0.3 is 19.3 Å². The third-order valence-corrected chi connectivity index (χ3v) is 5.00. The fraction of sp³-hybridized carbons (Fsp3) is 0.174. The van der Waals surface area contributed by atoms with Gasteiger partial charge in [-0.25, -0.2) is 0 Å². The van der Waals surface area contributed by atoms with Crippen molar-refractivity contribution in [3.8, 4) is 17.6 Å². The summed E-state index contributed by atoms with van der Waals surface area (Å²) in [6, 6.07) is 12.8. The van der Waals surface area contributed by atoms with Crippen molar-refractivity contribution in [1.29, 1.82) is 5.26 Å². The van der Waals surface area contributed by atoms with E-state index in [9.17, 15) is 20.2 Å². The summed E-state index contributed by atoms with van der Waals surface area (Å²) < 4.78 is 17.0. The average Bonchev–Trinajstić information content (AvgIpc) is 3.21. The summed E-state index contributed by atoms with van der Waals surface area (Å²) in [5.74, 6) is 0.902. The number of anilines is 1. The number of non-ortho nitro benzene ring substituents is 1. The number of nitrogens with one attached hydrogen (secondary N) is 1. The monoisotopic (exact) mass is 526 g/mol. The number of benzene rings is 2. The molecular weight excluding hydrogens is 508 g/mol. The molecule has 1 aromatic heterocycles. The number of aromatic nitrogens is 1. The standard InChI is InChI=1S/C23H19BrN4O6/c1-3-32-20-11-16(9-17(12-25)23(29)26-21-8-14(2)34-27-21)10-19(24)22(20)33-13-15-4-6-18(7-5-15)28(30)31/h4-11H,3,13H2,1-2H3,(H,26,27,29)/b17-9-. The molecule has 0 saturated heterocycles. The Morgan fingerprint density at radius 3 is 2.62 bits per heavy atom. The molecule has 1 N–H and O–H groups in total. The molecule has 11 heteroatoms. The lowest BCUT2D eigenvalue weighted by Gasteiger charge is -2.15. The van der Waals surface area contributed by atoms with Crippen LogP contribution in [0.1, 0.15) is 23.8 Å². The summed E-state index contributed by atoms with van der Waals surface area (Å²) in [4.78, 5) is 22.8. The van der Waals surface area contributed by atoms with Crippen molar-refractivity contribution in [3.63, 3.8) is 0 Å². The number of nitriles is 1. The van der Waals surface area contributed by atoms with Gasteiger partial charge in [0.15, 0.2) is 17.3 Å². The molecular formula is C23H19BrN4O6. The molecule has 2 aromatic carbocycles. The quantitative estimate of drug-likeness (QED) is 0.174. The first-order valence-electron chi connectivity index (χ1n) is 9.99. The van der Waals surface area contributed by atoms with E-state index in [-0.39, 0.29) is 23.7 Å². The first kappa shape index (κ1) is 24.5. The van der Waals surface area contributed by atoms with Crippen molar-refractivity contribution in [3.05, 3.63) is 79.5 Å². The molecule has 3 aromatic rings. The van der Waals surface area contributed by atoms with Crippen LogP contribution in [0.15, 0.2) is 57.0 Å². The van der Waals surface area contributed by atoms with Gasteiger partial charge in [0.05, 0.1) is 16.0 Å². The van der Waals surface area contributed by atoms with E-state index in [0.717, 1.165) is 5.56 Å². The minimum absolute atomic E-state index is 0.00732. The second-order valence-electron chi connectivity index (χ2n) is 6.92. The molecule has 1 amide bonds. The Bertz CT molecular complexity index is 1280. The van der Waals surface area contributed by atoms with E-state index in [0.29, 0.717) is 33.9 Å². The van der Waals surface area contributed by atoms with Crippen LogP contribution in [0, 0.1) is 28.4 Å². The van der Waals surface area contributed by atoms with E-state index in [4.69, 9.17) is 14.0 Å². The van der Waals surface area contributed by atoms with Crippen LogP contribution in [-0.4, -0.2) is 22.6 Å². The van der Waals surface area contributed by atoms with E-state index in [1.165, 1.54) is 24.3 Å². The van der Waals surface area contributed by atoms with Gasteiger partial charge in [0.25, 0.3) is 11.6 Å². The number of nitro benzene ring substituents is 1. The molecule has 0 spiro atoms. The number of nitrogens with zero attached hydrogens (tertiary/aromatic N) is 3. The predicted molar refractivity (Wildman–Crippen MR) is 126 cm³/mol. The van der Waals surface area contributed by atoms with E-state index in [2.05, 4.69) is 26.4 Å². The van der Waals surface area contributed by atoms with Gasteiger partial charge in [-0.15, -0.1) is 0 Å². The topological polar surface area (TPSA) is 141 Å². The summed E-state index contributed by atoms with van der Waals surface area (Å²) >= 11 is 3.45. The van der Waals surface area contributed by atoms with E-state index in [1.54, 1.807) is 31.2 Å². The number of carbonyl (C=O) groups is 1. The molecule has 3 rings (SSSR count). The Morgan fingerprint density at radius 2 is 2.03 bits per heavy atom. The molecule has 34 heavy (non-hydrogen) atoms. The third-order valence-electron chi connectivity index (χ3n) is 4.41. The average molecular weight is 527 g/mol. The van der Waals surface area contributed by atoms with Gasteiger partial charge in [0.2, 0.25) is 0 Å². The van der Waals surface area contributed by atoms with Crippen molar-refractivity contribution >= 4 is 39.4 Å². The lowest BCUT2D eigenvalue weighted by atomic mass is 10.1. The van der Waals surface area contributed by atoms with Gasteiger partial charge in [-0.05, 0) is 71.2 Å². The van der Waals surface area contributed by atoms with Gasteiger partial charge in [-0.2, -0.15) is 5.26 Å². The lowest BCUT2D eigenvalue weighted by Crippen LogP contribution is -2.13. The zero-order valence-corrected chi connectivity index (χ0v) is 19.8. The number of hydrogen-bond donors (Lipinski definition) is 1. The smallest absolute Gasteiger partial charge is 0.269 e. The predicted octanol–water partition coefficient (Wildman–Crippen LogP) is 5.18. The third kappa shape index (κ3) is 6.20. The highest BCUT2D eigenvalue weighted by Gasteiger charge is 2.16. The highest BCUT2D eigenvalue weighted by atomic mass is 79.9. The van der Waals surface area contributed by atoms with E-state index in [1.807, 2.05) is 13.0 Å². The van der Waals surface area contributed by atoms with Gasteiger partial charge in [0.1, 0.15) is 24.0 Å². The maximum absolute atomic E-state index is 12.5. The van der Waals surface area contributed by atoms with Crippen molar-refractivity contribution in [1.82, 2.24) is 5.16 Å². The molecule has 0 aliphatic carbocycles. The van der Waals surface area contributed by atoms with Crippen LogP contribution in [0.3, 0.4) is 0 Å². The summed E-state index contributed by atoms with van der Waals surface area (Å²) in [5, 5.41) is 26.5. The molecule has 0 unspecified atom stereocenters. The Kier molecular flexibility index (Phi) is 8.00. The van der Waals surface area contributed by atoms with Crippen LogP contribution in [-0.2, 0) is 11.4 Å². The number of aryl methyl sites for hydroxylation is 1. The molecule has 0 atom stereocenters. The van der Waals surface area contributed by atoms with Crippen LogP contribution in [0.4, 0.5) is 11.5 Å². The Morgan fingerprint density at radius 1 is 1.29 bits per heavy atom. The van der Waals surface area contributed by atoms with Crippen molar-refractivity contribution in [2.45, 2.75) is 20.5 Å².